The number of aromatic nitrogens is 1. The molecule has 1 aromatic heterocycles. The van der Waals surface area contributed by atoms with Gasteiger partial charge in [0.2, 0.25) is 5.91 Å². The average Bonchev–Trinajstić information content (AvgIpc) is 2.28. The van der Waals surface area contributed by atoms with Gasteiger partial charge in [0, 0.05) is 18.9 Å². The third-order valence-corrected chi connectivity index (χ3v) is 2.06. The molecule has 2 amide bonds. The van der Waals surface area contributed by atoms with Crippen molar-refractivity contribution >= 4 is 17.5 Å². The summed E-state index contributed by atoms with van der Waals surface area (Å²) in [6.45, 7) is 1.52. The smallest absolute Gasteiger partial charge is 0.270 e. The van der Waals surface area contributed by atoms with Crippen molar-refractivity contribution < 1.29 is 9.59 Å². The highest BCUT2D eigenvalue weighted by molar-refractivity contribution is 5.96. The fourth-order valence-electron chi connectivity index (χ4n) is 1.05. The van der Waals surface area contributed by atoms with E-state index in [4.69, 9.17) is 5.73 Å². The Labute approximate surface area is 93.2 Å². The summed E-state index contributed by atoms with van der Waals surface area (Å²) in [7, 11) is 1.74. The van der Waals surface area contributed by atoms with Gasteiger partial charge in [-0.05, 0) is 19.1 Å². The van der Waals surface area contributed by atoms with Crippen molar-refractivity contribution in [3.63, 3.8) is 0 Å². The van der Waals surface area contributed by atoms with Crippen molar-refractivity contribution in [1.82, 2.24) is 10.3 Å². The van der Waals surface area contributed by atoms with Crippen LogP contribution in [0.4, 0.5) is 5.69 Å². The zero-order valence-corrected chi connectivity index (χ0v) is 9.15. The van der Waals surface area contributed by atoms with Crippen LogP contribution in [0.15, 0.2) is 18.3 Å². The second-order valence-electron chi connectivity index (χ2n) is 3.28. The molecule has 1 atom stereocenters. The topological polar surface area (TPSA) is 97.1 Å². The number of carbonyl (C=O) groups excluding carboxylic acids is 2. The second kappa shape index (κ2) is 5.11. The molecule has 0 aliphatic carbocycles. The minimum absolute atomic E-state index is 0.236. The number of amides is 2. The number of primary amides is 1. The van der Waals surface area contributed by atoms with E-state index in [1.807, 2.05) is 0 Å². The molecule has 1 heterocycles. The summed E-state index contributed by atoms with van der Waals surface area (Å²) in [6.07, 6.45) is 1.51. The Balaban J connectivity index is 2.76. The first-order valence-corrected chi connectivity index (χ1v) is 4.78. The lowest BCUT2D eigenvalue weighted by atomic mass is 10.2. The van der Waals surface area contributed by atoms with Gasteiger partial charge in [0.15, 0.2) is 0 Å². The standard InChI is InChI=1S/C10H14N4O2/c1-6(9(11)15)14-10(16)8-5-7(12-2)3-4-13-8/h3-6H,1-2H3,(H2,11,15)(H,12,13)(H,14,16). The molecule has 0 aliphatic heterocycles. The van der Waals surface area contributed by atoms with Crippen LogP contribution in [0.3, 0.4) is 0 Å². The number of anilines is 1. The summed E-state index contributed by atoms with van der Waals surface area (Å²) < 4.78 is 0. The normalized spacial score (nSPS) is 11.6. The number of nitrogens with one attached hydrogen (secondary N) is 2. The predicted octanol–water partition coefficient (Wildman–Crippen LogP) is -0.273. The van der Waals surface area contributed by atoms with E-state index in [-0.39, 0.29) is 5.69 Å². The zero-order chi connectivity index (χ0) is 12.1. The van der Waals surface area contributed by atoms with E-state index in [2.05, 4.69) is 15.6 Å². The summed E-state index contributed by atoms with van der Waals surface area (Å²) >= 11 is 0. The van der Waals surface area contributed by atoms with Gasteiger partial charge < -0.3 is 16.4 Å². The third-order valence-electron chi connectivity index (χ3n) is 2.06. The van der Waals surface area contributed by atoms with Gasteiger partial charge in [0.1, 0.15) is 11.7 Å². The Morgan fingerprint density at radius 1 is 1.50 bits per heavy atom. The van der Waals surface area contributed by atoms with Gasteiger partial charge in [-0.15, -0.1) is 0 Å². The molecule has 0 saturated carbocycles. The first kappa shape index (κ1) is 12.0. The van der Waals surface area contributed by atoms with Crippen LogP contribution in [-0.2, 0) is 4.79 Å². The monoisotopic (exact) mass is 222 g/mol. The Morgan fingerprint density at radius 3 is 2.75 bits per heavy atom. The van der Waals surface area contributed by atoms with E-state index >= 15 is 0 Å². The molecule has 4 N–H and O–H groups in total. The Morgan fingerprint density at radius 2 is 2.19 bits per heavy atom. The SMILES string of the molecule is CNc1ccnc(C(=O)NC(C)C(N)=O)c1. The van der Waals surface area contributed by atoms with Gasteiger partial charge in [-0.2, -0.15) is 0 Å². The van der Waals surface area contributed by atoms with Gasteiger partial charge in [0.05, 0.1) is 0 Å². The van der Waals surface area contributed by atoms with Crippen molar-refractivity contribution in [2.24, 2.45) is 5.73 Å². The fourth-order valence-corrected chi connectivity index (χ4v) is 1.05. The molecule has 16 heavy (non-hydrogen) atoms. The number of rotatable bonds is 4. The maximum atomic E-state index is 11.6. The highest BCUT2D eigenvalue weighted by Crippen LogP contribution is 2.06. The molecule has 0 fully saturated rings. The number of hydrogen-bond acceptors (Lipinski definition) is 4. The minimum atomic E-state index is -0.715. The quantitative estimate of drug-likeness (QED) is 0.653. The summed E-state index contributed by atoms with van der Waals surface area (Å²) in [4.78, 5) is 26.3. The molecule has 6 nitrogen and oxygen atoms in total. The van der Waals surface area contributed by atoms with Crippen LogP contribution >= 0.6 is 0 Å². The lowest BCUT2D eigenvalue weighted by Crippen LogP contribution is -2.42. The molecule has 0 spiro atoms. The highest BCUT2D eigenvalue weighted by atomic mass is 16.2. The van der Waals surface area contributed by atoms with E-state index < -0.39 is 17.9 Å². The second-order valence-corrected chi connectivity index (χ2v) is 3.28. The van der Waals surface area contributed by atoms with Gasteiger partial charge in [-0.3, -0.25) is 14.6 Å². The van der Waals surface area contributed by atoms with Gasteiger partial charge in [-0.25, -0.2) is 0 Å². The van der Waals surface area contributed by atoms with Crippen LogP contribution < -0.4 is 16.4 Å². The van der Waals surface area contributed by atoms with Gasteiger partial charge in [0.25, 0.3) is 5.91 Å². The Bertz CT molecular complexity index is 406. The van der Waals surface area contributed by atoms with Crippen LogP contribution in [0.2, 0.25) is 0 Å². The predicted molar refractivity (Wildman–Crippen MR) is 59.9 cm³/mol. The van der Waals surface area contributed by atoms with Crippen LogP contribution in [0.1, 0.15) is 17.4 Å². The lowest BCUT2D eigenvalue weighted by molar-refractivity contribution is -0.119. The highest BCUT2D eigenvalue weighted by Gasteiger charge is 2.14. The fraction of sp³-hybridized carbons (Fsp3) is 0.300. The largest absolute Gasteiger partial charge is 0.388 e. The number of nitrogens with zero attached hydrogens (tertiary/aromatic N) is 1. The van der Waals surface area contributed by atoms with Crippen LogP contribution in [-0.4, -0.2) is 29.9 Å². The van der Waals surface area contributed by atoms with E-state index in [0.717, 1.165) is 5.69 Å². The summed E-state index contributed by atoms with van der Waals surface area (Å²) in [5, 5.41) is 5.33. The van der Waals surface area contributed by atoms with Crippen LogP contribution in [0, 0.1) is 0 Å². The Kier molecular flexibility index (Phi) is 3.82. The molecular formula is C10H14N4O2. The number of hydrogen-bond donors (Lipinski definition) is 3. The van der Waals surface area contributed by atoms with Crippen molar-refractivity contribution in [1.29, 1.82) is 0 Å². The maximum Gasteiger partial charge on any atom is 0.270 e. The third kappa shape index (κ3) is 2.94. The number of nitrogens with two attached hydrogens (primary N) is 1. The molecule has 1 aromatic rings. The molecule has 0 bridgehead atoms. The molecule has 0 saturated heterocycles. The first-order chi connectivity index (χ1) is 7.54. The number of carbonyl (C=O) groups is 2. The minimum Gasteiger partial charge on any atom is -0.388 e. The van der Waals surface area contributed by atoms with Crippen LogP contribution in [0.5, 0.6) is 0 Å². The molecule has 0 aromatic carbocycles. The molecule has 86 valence electrons. The zero-order valence-electron chi connectivity index (χ0n) is 9.15. The van der Waals surface area contributed by atoms with Crippen molar-refractivity contribution in [3.8, 4) is 0 Å². The molecule has 0 radical (unpaired) electrons. The molecular weight excluding hydrogens is 208 g/mol. The van der Waals surface area contributed by atoms with Gasteiger partial charge >= 0.3 is 0 Å². The number of pyridine rings is 1. The summed E-state index contributed by atoms with van der Waals surface area (Å²) in [5.41, 5.74) is 6.04. The van der Waals surface area contributed by atoms with E-state index in [0.29, 0.717) is 0 Å². The van der Waals surface area contributed by atoms with E-state index in [9.17, 15) is 9.59 Å². The van der Waals surface area contributed by atoms with Crippen molar-refractivity contribution in [3.05, 3.63) is 24.0 Å². The summed E-state index contributed by atoms with van der Waals surface area (Å²) in [5.74, 6) is -1.01. The van der Waals surface area contributed by atoms with E-state index in [1.165, 1.54) is 13.1 Å². The van der Waals surface area contributed by atoms with Crippen molar-refractivity contribution in [2.45, 2.75) is 13.0 Å². The average molecular weight is 222 g/mol. The molecule has 1 rings (SSSR count). The van der Waals surface area contributed by atoms with E-state index in [1.54, 1.807) is 19.2 Å². The molecule has 6 heteroatoms. The Hall–Kier alpha value is -2.11. The first-order valence-electron chi connectivity index (χ1n) is 4.78. The van der Waals surface area contributed by atoms with Crippen LogP contribution in [0.25, 0.3) is 0 Å². The lowest BCUT2D eigenvalue weighted by Gasteiger charge is -2.10. The van der Waals surface area contributed by atoms with Gasteiger partial charge in [-0.1, -0.05) is 0 Å². The molecule has 0 aliphatic rings. The molecule has 1 unspecified atom stereocenters. The maximum absolute atomic E-state index is 11.6. The summed E-state index contributed by atoms with van der Waals surface area (Å²) in [6, 6.07) is 2.60. The van der Waals surface area contributed by atoms with Crippen molar-refractivity contribution in [2.75, 3.05) is 12.4 Å².